The van der Waals surface area contributed by atoms with Gasteiger partial charge in [-0.15, -0.1) is 0 Å². The molecular weight excluding hydrogens is 386 g/mol. The van der Waals surface area contributed by atoms with Crippen LogP contribution in [0.4, 0.5) is 0 Å². The number of primary amides is 1. The number of rotatable bonds is 5. The van der Waals surface area contributed by atoms with Gasteiger partial charge in [-0.1, -0.05) is 48.0 Å². The van der Waals surface area contributed by atoms with E-state index in [1.165, 1.54) is 0 Å². The van der Waals surface area contributed by atoms with Crippen LogP contribution in [-0.2, 0) is 11.2 Å². The topological polar surface area (TPSA) is 76.3 Å². The summed E-state index contributed by atoms with van der Waals surface area (Å²) in [6.45, 7) is 0. The van der Waals surface area contributed by atoms with Gasteiger partial charge in [0, 0.05) is 28.5 Å². The van der Waals surface area contributed by atoms with Crippen LogP contribution in [0.5, 0.6) is 0 Å². The molecule has 6 heteroatoms. The second-order valence-corrected chi connectivity index (χ2v) is 7.44. The molecule has 1 aliphatic rings. The molecule has 2 N–H and O–H groups in total. The molecule has 0 saturated heterocycles. The Morgan fingerprint density at radius 2 is 1.86 bits per heavy atom. The van der Waals surface area contributed by atoms with E-state index in [4.69, 9.17) is 17.3 Å². The lowest BCUT2D eigenvalue weighted by Crippen LogP contribution is -2.43. The summed E-state index contributed by atoms with van der Waals surface area (Å²) in [5.41, 5.74) is 8.85. The lowest BCUT2D eigenvalue weighted by molar-refractivity contribution is -0.123. The second kappa shape index (κ2) is 8.05. The molecule has 29 heavy (non-hydrogen) atoms. The molecule has 1 aliphatic carbocycles. The highest BCUT2D eigenvalue weighted by molar-refractivity contribution is 6.31. The first-order chi connectivity index (χ1) is 14.1. The first kappa shape index (κ1) is 19.2. The zero-order valence-corrected chi connectivity index (χ0v) is 16.4. The van der Waals surface area contributed by atoms with Crippen molar-refractivity contribution in [3.8, 4) is 0 Å². The second-order valence-electron chi connectivity index (χ2n) is 7.04. The summed E-state index contributed by atoms with van der Waals surface area (Å²) >= 11 is 6.52. The van der Waals surface area contributed by atoms with Gasteiger partial charge in [-0.25, -0.2) is 0 Å². The van der Waals surface area contributed by atoms with Crippen LogP contribution in [0, 0.1) is 0 Å². The van der Waals surface area contributed by atoms with E-state index in [9.17, 15) is 9.59 Å². The molecule has 0 radical (unpaired) electrons. The van der Waals surface area contributed by atoms with Crippen molar-refractivity contribution in [2.45, 2.75) is 24.9 Å². The number of aromatic nitrogens is 1. The van der Waals surface area contributed by atoms with E-state index in [0.717, 1.165) is 17.5 Å². The number of hydrogen-bond donors (Lipinski definition) is 1. The molecule has 1 heterocycles. The largest absolute Gasteiger partial charge is 0.368 e. The minimum atomic E-state index is -0.955. The molecule has 2 aromatic carbocycles. The van der Waals surface area contributed by atoms with Crippen molar-refractivity contribution in [3.63, 3.8) is 0 Å². The molecule has 3 aromatic rings. The van der Waals surface area contributed by atoms with E-state index in [-0.39, 0.29) is 11.9 Å². The molecule has 1 unspecified atom stereocenters. The molecule has 4 rings (SSSR count). The van der Waals surface area contributed by atoms with Gasteiger partial charge >= 0.3 is 0 Å². The predicted molar refractivity (Wildman–Crippen MR) is 111 cm³/mol. The number of carbonyl (C=O) groups excluding carboxylic acids is 2. The zero-order valence-electron chi connectivity index (χ0n) is 15.7. The van der Waals surface area contributed by atoms with Crippen LogP contribution in [0.1, 0.15) is 45.6 Å². The normalized spacial score (nSPS) is 16.1. The minimum absolute atomic E-state index is 0.268. The summed E-state index contributed by atoms with van der Waals surface area (Å²) in [7, 11) is 0. The van der Waals surface area contributed by atoms with Gasteiger partial charge in [-0.2, -0.15) is 0 Å². The fourth-order valence-corrected chi connectivity index (χ4v) is 4.38. The molecule has 146 valence electrons. The van der Waals surface area contributed by atoms with Crippen molar-refractivity contribution >= 4 is 23.4 Å². The average Bonchev–Trinajstić information content (AvgIpc) is 3.17. The van der Waals surface area contributed by atoms with Crippen molar-refractivity contribution < 1.29 is 9.59 Å². The fourth-order valence-electron chi connectivity index (χ4n) is 4.06. The molecule has 0 fully saturated rings. The van der Waals surface area contributed by atoms with Gasteiger partial charge in [0.05, 0.1) is 6.04 Å². The SMILES string of the molecule is NC(=O)C(c1cccnc1)N(C(=O)c1ccccc1)[C@@H]1CCc2cccc(Cl)c21. The highest BCUT2D eigenvalue weighted by Crippen LogP contribution is 2.44. The molecule has 0 bridgehead atoms. The van der Waals surface area contributed by atoms with Gasteiger partial charge in [-0.3, -0.25) is 14.6 Å². The van der Waals surface area contributed by atoms with E-state index in [1.807, 2.05) is 24.3 Å². The number of halogens is 1. The molecule has 1 aromatic heterocycles. The summed E-state index contributed by atoms with van der Waals surface area (Å²) in [5.74, 6) is -0.876. The number of aryl methyl sites for hydroxylation is 1. The number of nitrogens with zero attached hydrogens (tertiary/aromatic N) is 2. The highest BCUT2D eigenvalue weighted by Gasteiger charge is 2.40. The number of benzene rings is 2. The quantitative estimate of drug-likeness (QED) is 0.694. The van der Waals surface area contributed by atoms with Gasteiger partial charge in [0.2, 0.25) is 5.91 Å². The number of amides is 2. The zero-order chi connectivity index (χ0) is 20.4. The molecule has 2 amide bonds. The number of pyridine rings is 1. The summed E-state index contributed by atoms with van der Waals surface area (Å²) in [6.07, 6.45) is 4.63. The van der Waals surface area contributed by atoms with E-state index < -0.39 is 11.9 Å². The Balaban J connectivity index is 1.87. The first-order valence-electron chi connectivity index (χ1n) is 9.42. The van der Waals surface area contributed by atoms with Crippen LogP contribution in [0.25, 0.3) is 0 Å². The number of nitrogens with two attached hydrogens (primary N) is 1. The fraction of sp³-hybridized carbons (Fsp3) is 0.174. The molecule has 0 spiro atoms. The summed E-state index contributed by atoms with van der Waals surface area (Å²) < 4.78 is 0. The Morgan fingerprint density at radius 3 is 2.55 bits per heavy atom. The maximum Gasteiger partial charge on any atom is 0.255 e. The lowest BCUT2D eigenvalue weighted by atomic mass is 9.99. The highest BCUT2D eigenvalue weighted by atomic mass is 35.5. The Hall–Kier alpha value is -3.18. The Bertz CT molecular complexity index is 1040. The number of carbonyl (C=O) groups is 2. The van der Waals surface area contributed by atoms with E-state index in [0.29, 0.717) is 22.6 Å². The maximum atomic E-state index is 13.6. The molecule has 0 aliphatic heterocycles. The lowest BCUT2D eigenvalue weighted by Gasteiger charge is -2.36. The van der Waals surface area contributed by atoms with Gasteiger partial charge in [0.15, 0.2) is 0 Å². The standard InChI is InChI=1S/C23H20ClN3O2/c24-18-10-4-8-15-11-12-19(20(15)18)27(23(29)16-6-2-1-3-7-16)21(22(25)28)17-9-5-13-26-14-17/h1-10,13-14,19,21H,11-12H2,(H2,25,28)/t19-,21?/m1/s1. The first-order valence-corrected chi connectivity index (χ1v) is 9.80. The third-order valence-electron chi connectivity index (χ3n) is 5.30. The van der Waals surface area contributed by atoms with Crippen molar-refractivity contribution in [2.24, 2.45) is 5.73 Å². The average molecular weight is 406 g/mol. The summed E-state index contributed by atoms with van der Waals surface area (Å²) in [4.78, 5) is 31.9. The maximum absolute atomic E-state index is 13.6. The molecule has 2 atom stereocenters. The van der Waals surface area contributed by atoms with Crippen molar-refractivity contribution in [1.29, 1.82) is 0 Å². The van der Waals surface area contributed by atoms with Gasteiger partial charge in [0.25, 0.3) is 5.91 Å². The van der Waals surface area contributed by atoms with Crippen LogP contribution >= 0.6 is 11.6 Å². The monoisotopic (exact) mass is 405 g/mol. The molecular formula is C23H20ClN3O2. The van der Waals surface area contributed by atoms with Crippen LogP contribution < -0.4 is 5.73 Å². The molecule has 0 saturated carbocycles. The Morgan fingerprint density at radius 1 is 1.07 bits per heavy atom. The van der Waals surface area contributed by atoms with Crippen molar-refractivity contribution in [3.05, 3.63) is 100 Å². The Kier molecular flexibility index (Phi) is 5.32. The van der Waals surface area contributed by atoms with Gasteiger partial charge in [0.1, 0.15) is 6.04 Å². The van der Waals surface area contributed by atoms with E-state index >= 15 is 0 Å². The number of hydrogen-bond acceptors (Lipinski definition) is 3. The van der Waals surface area contributed by atoms with Gasteiger partial charge < -0.3 is 10.6 Å². The van der Waals surface area contributed by atoms with Gasteiger partial charge in [-0.05, 0) is 48.2 Å². The third-order valence-corrected chi connectivity index (χ3v) is 5.63. The Labute approximate surface area is 174 Å². The smallest absolute Gasteiger partial charge is 0.255 e. The summed E-state index contributed by atoms with van der Waals surface area (Å²) in [6, 6.07) is 16.8. The molecule has 5 nitrogen and oxygen atoms in total. The van der Waals surface area contributed by atoms with E-state index in [2.05, 4.69) is 4.98 Å². The van der Waals surface area contributed by atoms with Crippen LogP contribution in [0.2, 0.25) is 5.02 Å². The van der Waals surface area contributed by atoms with Crippen LogP contribution in [0.15, 0.2) is 73.1 Å². The predicted octanol–water partition coefficient (Wildman–Crippen LogP) is 4.09. The van der Waals surface area contributed by atoms with Crippen molar-refractivity contribution in [1.82, 2.24) is 9.88 Å². The van der Waals surface area contributed by atoms with Crippen molar-refractivity contribution in [2.75, 3.05) is 0 Å². The van der Waals surface area contributed by atoms with E-state index in [1.54, 1.807) is 53.7 Å². The third kappa shape index (κ3) is 3.61. The van der Waals surface area contributed by atoms with Crippen LogP contribution in [0.3, 0.4) is 0 Å². The number of fused-ring (bicyclic) bond motifs is 1. The van der Waals surface area contributed by atoms with Crippen LogP contribution in [-0.4, -0.2) is 21.7 Å². The summed E-state index contributed by atoms with van der Waals surface area (Å²) in [5, 5.41) is 0.588. The minimum Gasteiger partial charge on any atom is -0.368 e.